The van der Waals surface area contributed by atoms with Crippen LogP contribution in [-0.4, -0.2) is 46.9 Å². The first kappa shape index (κ1) is 15.4. The Morgan fingerprint density at radius 1 is 1.37 bits per heavy atom. The summed E-state index contributed by atoms with van der Waals surface area (Å²) >= 11 is 0. The monoisotopic (exact) mass is 274 g/mol. The molecule has 0 aromatic carbocycles. The second-order valence-electron chi connectivity index (χ2n) is 4.59. The van der Waals surface area contributed by atoms with Crippen molar-refractivity contribution in [2.24, 2.45) is 0 Å². The van der Waals surface area contributed by atoms with E-state index in [0.29, 0.717) is 19.3 Å². The average Bonchev–Trinajstić information content (AvgIpc) is 2.32. The third kappa shape index (κ3) is 6.19. The predicted octanol–water partition coefficient (Wildman–Crippen LogP) is 0.243. The van der Waals surface area contributed by atoms with Crippen LogP contribution in [-0.2, 0) is 23.9 Å². The number of ether oxygens (including phenoxy) is 2. The van der Waals surface area contributed by atoms with Crippen LogP contribution < -0.4 is 0 Å². The van der Waals surface area contributed by atoms with Gasteiger partial charge in [-0.3, -0.25) is 14.4 Å². The van der Waals surface area contributed by atoms with E-state index in [9.17, 15) is 19.5 Å². The molecule has 0 spiro atoms. The predicted molar refractivity (Wildman–Crippen MR) is 62.2 cm³/mol. The van der Waals surface area contributed by atoms with Gasteiger partial charge in [0.1, 0.15) is 0 Å². The number of rotatable bonds is 7. The number of cyclic esters (lactones) is 1. The minimum Gasteiger partial charge on any atom is -0.481 e. The first-order valence-electron chi connectivity index (χ1n) is 6.17. The van der Waals surface area contributed by atoms with E-state index < -0.39 is 23.5 Å². The van der Waals surface area contributed by atoms with Gasteiger partial charge in [-0.05, 0) is 12.8 Å². The Hall–Kier alpha value is -1.63. The minimum absolute atomic E-state index is 0.0417. The van der Waals surface area contributed by atoms with Crippen molar-refractivity contribution >= 4 is 17.9 Å². The van der Waals surface area contributed by atoms with Crippen molar-refractivity contribution in [3.05, 3.63) is 0 Å². The van der Waals surface area contributed by atoms with Gasteiger partial charge in [0.15, 0.2) is 0 Å². The van der Waals surface area contributed by atoms with Crippen LogP contribution in [0.4, 0.5) is 0 Å². The van der Waals surface area contributed by atoms with Gasteiger partial charge in [-0.2, -0.15) is 0 Å². The van der Waals surface area contributed by atoms with Crippen LogP contribution in [0.2, 0.25) is 0 Å². The van der Waals surface area contributed by atoms with Crippen LogP contribution in [0.15, 0.2) is 0 Å². The highest BCUT2D eigenvalue weighted by atomic mass is 16.5. The molecule has 108 valence electrons. The summed E-state index contributed by atoms with van der Waals surface area (Å²) in [5, 5.41) is 18.4. The van der Waals surface area contributed by atoms with Crippen LogP contribution >= 0.6 is 0 Å². The lowest BCUT2D eigenvalue weighted by Crippen LogP contribution is -2.38. The topological polar surface area (TPSA) is 110 Å². The van der Waals surface area contributed by atoms with Crippen LogP contribution in [0, 0.1) is 0 Å². The Balaban J connectivity index is 2.14. The smallest absolute Gasteiger partial charge is 0.308 e. The van der Waals surface area contributed by atoms with Crippen molar-refractivity contribution in [1.29, 1.82) is 0 Å². The highest BCUT2D eigenvalue weighted by molar-refractivity contribution is 5.76. The molecule has 7 nitrogen and oxygen atoms in total. The number of esters is 2. The number of carboxylic acid groups (broad SMARTS) is 1. The SMILES string of the molecule is O=C(O)CCC(=O)OCCCC1(O)CCOC(=O)C1. The van der Waals surface area contributed by atoms with E-state index in [1.165, 1.54) is 0 Å². The normalized spacial score (nSPS) is 22.7. The van der Waals surface area contributed by atoms with E-state index in [1.54, 1.807) is 0 Å². The number of hydrogen-bond donors (Lipinski definition) is 2. The summed E-state index contributed by atoms with van der Waals surface area (Å²) in [6, 6.07) is 0. The Morgan fingerprint density at radius 2 is 2.11 bits per heavy atom. The summed E-state index contributed by atoms with van der Waals surface area (Å²) in [6.07, 6.45) is 0.684. The lowest BCUT2D eigenvalue weighted by Gasteiger charge is -2.30. The zero-order valence-corrected chi connectivity index (χ0v) is 10.6. The third-order valence-electron chi connectivity index (χ3n) is 2.90. The van der Waals surface area contributed by atoms with Crippen molar-refractivity contribution in [3.63, 3.8) is 0 Å². The number of aliphatic hydroxyl groups is 1. The zero-order valence-electron chi connectivity index (χ0n) is 10.6. The average molecular weight is 274 g/mol. The number of aliphatic carboxylic acids is 1. The lowest BCUT2D eigenvalue weighted by atomic mass is 9.89. The molecule has 1 saturated heterocycles. The highest BCUT2D eigenvalue weighted by Gasteiger charge is 2.34. The summed E-state index contributed by atoms with van der Waals surface area (Å²) < 4.78 is 9.56. The molecule has 0 aromatic heterocycles. The first-order chi connectivity index (χ1) is 8.91. The molecule has 0 bridgehead atoms. The standard InChI is InChI=1S/C12H18O7/c13-9(14)2-3-10(15)18-6-1-4-12(17)5-7-19-11(16)8-12/h17H,1-8H2,(H,13,14). The van der Waals surface area contributed by atoms with Gasteiger partial charge in [-0.1, -0.05) is 0 Å². The van der Waals surface area contributed by atoms with Crippen molar-refractivity contribution in [1.82, 2.24) is 0 Å². The van der Waals surface area contributed by atoms with E-state index in [2.05, 4.69) is 0 Å². The quantitative estimate of drug-likeness (QED) is 0.505. The largest absolute Gasteiger partial charge is 0.481 e. The molecule has 1 rings (SSSR count). The molecular weight excluding hydrogens is 256 g/mol. The minimum atomic E-state index is -1.08. The van der Waals surface area contributed by atoms with Crippen LogP contribution in [0.25, 0.3) is 0 Å². The summed E-state index contributed by atoms with van der Waals surface area (Å²) in [7, 11) is 0. The fraction of sp³-hybridized carbons (Fsp3) is 0.750. The second-order valence-corrected chi connectivity index (χ2v) is 4.59. The molecule has 0 saturated carbocycles. The lowest BCUT2D eigenvalue weighted by molar-refractivity contribution is -0.161. The molecule has 7 heteroatoms. The molecule has 1 unspecified atom stereocenters. The molecule has 1 fully saturated rings. The van der Waals surface area contributed by atoms with Crippen molar-refractivity contribution in [2.45, 2.75) is 44.1 Å². The summed E-state index contributed by atoms with van der Waals surface area (Å²) in [5.41, 5.74) is -1.08. The van der Waals surface area contributed by atoms with Gasteiger partial charge in [-0.15, -0.1) is 0 Å². The number of carboxylic acids is 1. The van der Waals surface area contributed by atoms with Gasteiger partial charge in [0, 0.05) is 6.42 Å². The third-order valence-corrected chi connectivity index (χ3v) is 2.90. The fourth-order valence-corrected chi connectivity index (χ4v) is 1.84. The molecule has 0 aliphatic carbocycles. The van der Waals surface area contributed by atoms with E-state index >= 15 is 0 Å². The summed E-state index contributed by atoms with van der Waals surface area (Å²) in [6.45, 7) is 0.309. The molecular formula is C12H18O7. The van der Waals surface area contributed by atoms with Crippen molar-refractivity contribution < 1.29 is 34.1 Å². The number of hydrogen-bond acceptors (Lipinski definition) is 6. The molecule has 0 aromatic rings. The van der Waals surface area contributed by atoms with Crippen LogP contribution in [0.3, 0.4) is 0 Å². The van der Waals surface area contributed by atoms with E-state index in [1.807, 2.05) is 0 Å². The molecule has 1 aliphatic heterocycles. The van der Waals surface area contributed by atoms with Gasteiger partial charge >= 0.3 is 17.9 Å². The Kier molecular flexibility index (Phi) is 5.75. The Bertz CT molecular complexity index is 352. The van der Waals surface area contributed by atoms with E-state index in [-0.39, 0.29) is 32.5 Å². The molecule has 0 radical (unpaired) electrons. The molecule has 2 N–H and O–H groups in total. The fourth-order valence-electron chi connectivity index (χ4n) is 1.84. The van der Waals surface area contributed by atoms with E-state index in [4.69, 9.17) is 14.6 Å². The Labute approximate surface area is 110 Å². The zero-order chi connectivity index (χ0) is 14.3. The molecule has 1 atom stereocenters. The number of carbonyl (C=O) groups is 3. The highest BCUT2D eigenvalue weighted by Crippen LogP contribution is 2.26. The molecule has 0 amide bonds. The van der Waals surface area contributed by atoms with Gasteiger partial charge in [-0.25, -0.2) is 0 Å². The van der Waals surface area contributed by atoms with Gasteiger partial charge in [0.2, 0.25) is 0 Å². The van der Waals surface area contributed by atoms with Crippen LogP contribution in [0.1, 0.15) is 38.5 Å². The Morgan fingerprint density at radius 3 is 2.74 bits per heavy atom. The molecule has 19 heavy (non-hydrogen) atoms. The van der Waals surface area contributed by atoms with Crippen LogP contribution in [0.5, 0.6) is 0 Å². The van der Waals surface area contributed by atoms with Gasteiger partial charge in [0.05, 0.1) is 38.1 Å². The van der Waals surface area contributed by atoms with E-state index in [0.717, 1.165) is 0 Å². The maximum Gasteiger partial charge on any atom is 0.308 e. The summed E-state index contributed by atoms with van der Waals surface area (Å²) in [5.74, 6) is -2.04. The first-order valence-corrected chi connectivity index (χ1v) is 6.17. The summed E-state index contributed by atoms with van der Waals surface area (Å²) in [4.78, 5) is 32.4. The second kappa shape index (κ2) is 7.08. The van der Waals surface area contributed by atoms with Crippen molar-refractivity contribution in [3.8, 4) is 0 Å². The number of carbonyl (C=O) groups excluding carboxylic acids is 2. The van der Waals surface area contributed by atoms with Gasteiger partial charge < -0.3 is 19.7 Å². The molecule has 1 aliphatic rings. The maximum atomic E-state index is 11.1. The molecule has 1 heterocycles. The maximum absolute atomic E-state index is 11.1. The van der Waals surface area contributed by atoms with Crippen molar-refractivity contribution in [2.75, 3.05) is 13.2 Å². The van der Waals surface area contributed by atoms with Gasteiger partial charge in [0.25, 0.3) is 0 Å².